The van der Waals surface area contributed by atoms with Gasteiger partial charge in [-0.1, -0.05) is 29.3 Å². The highest BCUT2D eigenvalue weighted by Gasteiger charge is 2.04. The summed E-state index contributed by atoms with van der Waals surface area (Å²) in [5, 5.41) is 6.02. The van der Waals surface area contributed by atoms with Crippen molar-refractivity contribution in [3.05, 3.63) is 40.5 Å². The molecule has 5 heteroatoms. The lowest BCUT2D eigenvalue weighted by Crippen LogP contribution is -2.23. The number of amides is 2. The standard InChI is InChI=1S/C10H10Cl2N2O/c1-2-5-13-10(15)14-9-6-7(11)3-4-8(9)12/h2-6H,1H3,(H2,13,14,15)/b5-2+. The monoisotopic (exact) mass is 244 g/mol. The zero-order valence-electron chi connectivity index (χ0n) is 8.05. The van der Waals surface area contributed by atoms with Crippen molar-refractivity contribution < 1.29 is 4.79 Å². The Hall–Kier alpha value is -1.19. The number of allylic oxidation sites excluding steroid dienone is 1. The van der Waals surface area contributed by atoms with Crippen LogP contribution in [0.25, 0.3) is 0 Å². The number of carbonyl (C=O) groups excluding carboxylic acids is 1. The summed E-state index contributed by atoms with van der Waals surface area (Å²) in [7, 11) is 0. The average Bonchev–Trinajstić information content (AvgIpc) is 2.20. The molecule has 0 aromatic heterocycles. The molecule has 0 radical (unpaired) electrons. The average molecular weight is 245 g/mol. The Bertz CT molecular complexity index is 391. The molecule has 3 nitrogen and oxygen atoms in total. The van der Waals surface area contributed by atoms with E-state index in [9.17, 15) is 4.79 Å². The summed E-state index contributed by atoms with van der Waals surface area (Å²) in [6.07, 6.45) is 3.23. The molecule has 1 aromatic carbocycles. The molecule has 2 N–H and O–H groups in total. The minimum Gasteiger partial charge on any atom is -0.315 e. The van der Waals surface area contributed by atoms with E-state index >= 15 is 0 Å². The molecule has 2 amide bonds. The molecule has 0 spiro atoms. The van der Waals surface area contributed by atoms with E-state index < -0.39 is 0 Å². The Morgan fingerprint density at radius 1 is 1.40 bits per heavy atom. The van der Waals surface area contributed by atoms with E-state index in [1.165, 1.54) is 6.20 Å². The molecule has 1 rings (SSSR count). The third kappa shape index (κ3) is 3.81. The number of rotatable bonds is 2. The van der Waals surface area contributed by atoms with Crippen molar-refractivity contribution in [2.75, 3.05) is 5.32 Å². The van der Waals surface area contributed by atoms with Gasteiger partial charge in [0.1, 0.15) is 0 Å². The van der Waals surface area contributed by atoms with E-state index in [2.05, 4.69) is 10.6 Å². The molecule has 80 valence electrons. The smallest absolute Gasteiger partial charge is 0.315 e. The van der Waals surface area contributed by atoms with Crippen LogP contribution >= 0.6 is 23.2 Å². The Balaban J connectivity index is 2.71. The molecular formula is C10H10Cl2N2O. The van der Waals surface area contributed by atoms with Gasteiger partial charge in [0, 0.05) is 11.2 Å². The van der Waals surface area contributed by atoms with Crippen molar-refractivity contribution in [1.82, 2.24) is 5.32 Å². The fourth-order valence-corrected chi connectivity index (χ4v) is 1.25. The number of benzene rings is 1. The van der Waals surface area contributed by atoms with E-state index in [1.807, 2.05) is 0 Å². The van der Waals surface area contributed by atoms with Crippen LogP contribution in [0.1, 0.15) is 6.92 Å². The van der Waals surface area contributed by atoms with Crippen LogP contribution in [0, 0.1) is 0 Å². The first-order chi connectivity index (χ1) is 7.13. The number of nitrogens with one attached hydrogen (secondary N) is 2. The maximum Gasteiger partial charge on any atom is 0.323 e. The lowest BCUT2D eigenvalue weighted by Gasteiger charge is -2.06. The second kappa shape index (κ2) is 5.63. The van der Waals surface area contributed by atoms with Gasteiger partial charge in [-0.25, -0.2) is 4.79 Å². The fourth-order valence-electron chi connectivity index (χ4n) is 0.911. The van der Waals surface area contributed by atoms with Crippen LogP contribution in [0.15, 0.2) is 30.5 Å². The SMILES string of the molecule is C/C=C/NC(=O)Nc1cc(Cl)ccc1Cl. The predicted octanol–water partition coefficient (Wildman–Crippen LogP) is 3.65. The van der Waals surface area contributed by atoms with Crippen molar-refractivity contribution >= 4 is 34.9 Å². The number of urea groups is 1. The Kier molecular flexibility index (Phi) is 4.46. The Morgan fingerprint density at radius 3 is 2.80 bits per heavy atom. The minimum absolute atomic E-state index is 0.364. The van der Waals surface area contributed by atoms with Gasteiger partial charge in [0.25, 0.3) is 0 Å². The van der Waals surface area contributed by atoms with E-state index in [4.69, 9.17) is 23.2 Å². The maximum absolute atomic E-state index is 11.3. The van der Waals surface area contributed by atoms with Crippen molar-refractivity contribution in [2.45, 2.75) is 6.92 Å². The van der Waals surface area contributed by atoms with Crippen LogP contribution in [0.3, 0.4) is 0 Å². The lowest BCUT2D eigenvalue weighted by molar-refractivity contribution is 0.255. The molecule has 1 aromatic rings. The summed E-state index contributed by atoms with van der Waals surface area (Å²) in [5.74, 6) is 0. The van der Waals surface area contributed by atoms with Gasteiger partial charge in [0.05, 0.1) is 10.7 Å². The quantitative estimate of drug-likeness (QED) is 0.820. The molecule has 0 aliphatic heterocycles. The minimum atomic E-state index is -0.364. The maximum atomic E-state index is 11.3. The molecule has 0 aliphatic rings. The summed E-state index contributed by atoms with van der Waals surface area (Å²) < 4.78 is 0. The predicted molar refractivity (Wildman–Crippen MR) is 63.4 cm³/mol. The first kappa shape index (κ1) is 11.9. The zero-order valence-corrected chi connectivity index (χ0v) is 9.56. The fraction of sp³-hybridized carbons (Fsp3) is 0.100. The number of hydrogen-bond acceptors (Lipinski definition) is 1. The first-order valence-corrected chi connectivity index (χ1v) is 5.03. The van der Waals surface area contributed by atoms with Gasteiger partial charge in [-0.3, -0.25) is 0 Å². The van der Waals surface area contributed by atoms with Crippen molar-refractivity contribution in [2.24, 2.45) is 0 Å². The molecule has 0 heterocycles. The zero-order chi connectivity index (χ0) is 11.3. The van der Waals surface area contributed by atoms with Gasteiger partial charge in [-0.2, -0.15) is 0 Å². The molecule has 0 saturated heterocycles. The number of halogens is 2. The summed E-state index contributed by atoms with van der Waals surface area (Å²) in [6, 6.07) is 4.49. The molecule has 15 heavy (non-hydrogen) atoms. The molecule has 0 atom stereocenters. The largest absolute Gasteiger partial charge is 0.323 e. The molecular weight excluding hydrogens is 235 g/mol. The van der Waals surface area contributed by atoms with Crippen molar-refractivity contribution in [1.29, 1.82) is 0 Å². The van der Waals surface area contributed by atoms with E-state index in [1.54, 1.807) is 31.2 Å². The molecule has 0 saturated carbocycles. The normalized spacial score (nSPS) is 10.3. The van der Waals surface area contributed by atoms with Gasteiger partial charge in [0.15, 0.2) is 0 Å². The van der Waals surface area contributed by atoms with Crippen LogP contribution in [-0.2, 0) is 0 Å². The second-order valence-corrected chi connectivity index (χ2v) is 3.57. The van der Waals surface area contributed by atoms with Gasteiger partial charge in [-0.05, 0) is 25.1 Å². The molecule has 0 aliphatic carbocycles. The van der Waals surface area contributed by atoms with Crippen LogP contribution < -0.4 is 10.6 Å². The summed E-state index contributed by atoms with van der Waals surface area (Å²) in [6.45, 7) is 1.80. The van der Waals surface area contributed by atoms with E-state index in [-0.39, 0.29) is 6.03 Å². The molecule has 0 fully saturated rings. The highest BCUT2D eigenvalue weighted by molar-refractivity contribution is 6.35. The first-order valence-electron chi connectivity index (χ1n) is 4.27. The third-order valence-corrected chi connectivity index (χ3v) is 2.12. The Morgan fingerprint density at radius 2 is 2.13 bits per heavy atom. The number of anilines is 1. The second-order valence-electron chi connectivity index (χ2n) is 2.72. The Labute approximate surface area is 98.1 Å². The van der Waals surface area contributed by atoms with E-state index in [0.717, 1.165) is 0 Å². The van der Waals surface area contributed by atoms with Gasteiger partial charge >= 0.3 is 6.03 Å². The third-order valence-electron chi connectivity index (χ3n) is 1.56. The van der Waals surface area contributed by atoms with E-state index in [0.29, 0.717) is 15.7 Å². The van der Waals surface area contributed by atoms with Gasteiger partial charge < -0.3 is 10.6 Å². The summed E-state index contributed by atoms with van der Waals surface area (Å²) in [4.78, 5) is 11.3. The summed E-state index contributed by atoms with van der Waals surface area (Å²) in [5.41, 5.74) is 0.478. The topological polar surface area (TPSA) is 41.1 Å². The van der Waals surface area contributed by atoms with Gasteiger partial charge in [-0.15, -0.1) is 0 Å². The molecule has 0 bridgehead atoms. The van der Waals surface area contributed by atoms with Crippen LogP contribution in [-0.4, -0.2) is 6.03 Å². The highest BCUT2D eigenvalue weighted by Crippen LogP contribution is 2.25. The molecule has 0 unspecified atom stereocenters. The van der Waals surface area contributed by atoms with Crippen molar-refractivity contribution in [3.8, 4) is 0 Å². The van der Waals surface area contributed by atoms with Gasteiger partial charge in [0.2, 0.25) is 0 Å². The highest BCUT2D eigenvalue weighted by atomic mass is 35.5. The summed E-state index contributed by atoms with van der Waals surface area (Å²) >= 11 is 11.6. The van der Waals surface area contributed by atoms with Crippen LogP contribution in [0.2, 0.25) is 10.0 Å². The number of hydrogen-bond donors (Lipinski definition) is 2. The van der Waals surface area contributed by atoms with Crippen molar-refractivity contribution in [3.63, 3.8) is 0 Å². The van der Waals surface area contributed by atoms with Crippen LogP contribution in [0.5, 0.6) is 0 Å². The number of carbonyl (C=O) groups is 1. The lowest BCUT2D eigenvalue weighted by atomic mass is 10.3. The van der Waals surface area contributed by atoms with Crippen LogP contribution in [0.4, 0.5) is 10.5 Å².